The summed E-state index contributed by atoms with van der Waals surface area (Å²) in [6.07, 6.45) is 3.82. The zero-order valence-electron chi connectivity index (χ0n) is 9.98. The average Bonchev–Trinajstić information content (AvgIpc) is 2.68. The second-order valence-electron chi connectivity index (χ2n) is 4.55. The number of H-pyrrole nitrogens is 1. The third-order valence-electron chi connectivity index (χ3n) is 3.38. The summed E-state index contributed by atoms with van der Waals surface area (Å²) in [6, 6.07) is 0.365. The van der Waals surface area contributed by atoms with Crippen molar-refractivity contribution in [2.75, 3.05) is 13.6 Å². The molecule has 6 nitrogen and oxygen atoms in total. The SMILES string of the molecule is CN1CCCC1Cn1cc(CN)c(=O)[nH]c1=O. The van der Waals surface area contributed by atoms with Gasteiger partial charge in [-0.15, -0.1) is 0 Å². The maximum Gasteiger partial charge on any atom is 0.328 e. The monoisotopic (exact) mass is 238 g/mol. The molecule has 6 heteroatoms. The van der Waals surface area contributed by atoms with Crippen LogP contribution in [0.5, 0.6) is 0 Å². The quantitative estimate of drug-likeness (QED) is 0.714. The summed E-state index contributed by atoms with van der Waals surface area (Å²) in [4.78, 5) is 27.6. The van der Waals surface area contributed by atoms with Crippen LogP contribution in [0, 0.1) is 0 Å². The smallest absolute Gasteiger partial charge is 0.326 e. The molecule has 17 heavy (non-hydrogen) atoms. The summed E-state index contributed by atoms with van der Waals surface area (Å²) >= 11 is 0. The third-order valence-corrected chi connectivity index (χ3v) is 3.38. The zero-order chi connectivity index (χ0) is 12.4. The molecule has 1 unspecified atom stereocenters. The van der Waals surface area contributed by atoms with Crippen LogP contribution in [0.4, 0.5) is 0 Å². The number of nitrogens with two attached hydrogens (primary N) is 1. The first-order valence-electron chi connectivity index (χ1n) is 5.84. The molecule has 0 amide bonds. The van der Waals surface area contributed by atoms with Crippen molar-refractivity contribution in [2.24, 2.45) is 5.73 Å². The lowest BCUT2D eigenvalue weighted by molar-refractivity contribution is 0.278. The molecule has 1 aromatic rings. The molecule has 0 saturated carbocycles. The van der Waals surface area contributed by atoms with Crippen molar-refractivity contribution in [1.29, 1.82) is 0 Å². The van der Waals surface area contributed by atoms with E-state index in [0.29, 0.717) is 18.2 Å². The van der Waals surface area contributed by atoms with Gasteiger partial charge < -0.3 is 10.6 Å². The first kappa shape index (κ1) is 12.1. The Kier molecular flexibility index (Phi) is 3.44. The van der Waals surface area contributed by atoms with Crippen molar-refractivity contribution >= 4 is 0 Å². The van der Waals surface area contributed by atoms with Crippen LogP contribution in [0.25, 0.3) is 0 Å². The van der Waals surface area contributed by atoms with Crippen LogP contribution in [0.3, 0.4) is 0 Å². The molecule has 0 aliphatic carbocycles. The lowest BCUT2D eigenvalue weighted by Gasteiger charge is -2.20. The summed E-state index contributed by atoms with van der Waals surface area (Å²) in [6.45, 7) is 1.82. The second kappa shape index (κ2) is 4.85. The fourth-order valence-electron chi connectivity index (χ4n) is 2.27. The average molecular weight is 238 g/mol. The van der Waals surface area contributed by atoms with Gasteiger partial charge in [0.05, 0.1) is 0 Å². The lowest BCUT2D eigenvalue weighted by Crippen LogP contribution is -2.38. The molecule has 1 atom stereocenters. The number of aromatic nitrogens is 2. The van der Waals surface area contributed by atoms with E-state index in [-0.39, 0.29) is 17.8 Å². The van der Waals surface area contributed by atoms with E-state index < -0.39 is 0 Å². The van der Waals surface area contributed by atoms with Crippen molar-refractivity contribution in [2.45, 2.75) is 32.0 Å². The van der Waals surface area contributed by atoms with Gasteiger partial charge in [-0.05, 0) is 26.4 Å². The van der Waals surface area contributed by atoms with Gasteiger partial charge in [0.15, 0.2) is 0 Å². The van der Waals surface area contributed by atoms with Crippen LogP contribution in [-0.4, -0.2) is 34.1 Å². The van der Waals surface area contributed by atoms with Crippen molar-refractivity contribution in [3.8, 4) is 0 Å². The minimum atomic E-state index is -0.381. The highest BCUT2D eigenvalue weighted by Gasteiger charge is 2.21. The van der Waals surface area contributed by atoms with Crippen LogP contribution in [-0.2, 0) is 13.1 Å². The molecular weight excluding hydrogens is 220 g/mol. The summed E-state index contributed by atoms with van der Waals surface area (Å²) in [5, 5.41) is 0. The number of hydrogen-bond donors (Lipinski definition) is 2. The summed E-state index contributed by atoms with van der Waals surface area (Å²) in [7, 11) is 2.05. The Morgan fingerprint density at radius 3 is 2.88 bits per heavy atom. The van der Waals surface area contributed by atoms with Gasteiger partial charge >= 0.3 is 5.69 Å². The van der Waals surface area contributed by atoms with Gasteiger partial charge in [-0.1, -0.05) is 0 Å². The largest absolute Gasteiger partial charge is 0.328 e. The minimum Gasteiger partial charge on any atom is -0.326 e. The van der Waals surface area contributed by atoms with E-state index in [0.717, 1.165) is 19.4 Å². The van der Waals surface area contributed by atoms with Crippen LogP contribution < -0.4 is 17.0 Å². The van der Waals surface area contributed by atoms with E-state index in [2.05, 4.69) is 16.9 Å². The Morgan fingerprint density at radius 1 is 1.53 bits per heavy atom. The number of likely N-dealkylation sites (N-methyl/N-ethyl adjacent to an activating group) is 1. The van der Waals surface area contributed by atoms with E-state index in [1.54, 1.807) is 10.8 Å². The molecule has 2 rings (SSSR count). The Labute approximate surface area is 99.1 Å². The molecule has 1 aliphatic heterocycles. The molecule has 0 bridgehead atoms. The van der Waals surface area contributed by atoms with Gasteiger partial charge in [-0.3, -0.25) is 14.3 Å². The predicted octanol–water partition coefficient (Wildman–Crippen LogP) is -0.910. The first-order valence-corrected chi connectivity index (χ1v) is 5.84. The summed E-state index contributed by atoms with van der Waals surface area (Å²) in [5.74, 6) is 0. The minimum absolute atomic E-state index is 0.149. The highest BCUT2D eigenvalue weighted by atomic mass is 16.2. The number of nitrogens with one attached hydrogen (secondary N) is 1. The third kappa shape index (κ3) is 2.48. The molecular formula is C11H18N4O2. The maximum absolute atomic E-state index is 11.7. The van der Waals surface area contributed by atoms with E-state index in [4.69, 9.17) is 5.73 Å². The summed E-state index contributed by atoms with van der Waals surface area (Å²) in [5.41, 5.74) is 5.17. The van der Waals surface area contributed by atoms with Crippen molar-refractivity contribution < 1.29 is 0 Å². The Bertz CT molecular complexity index is 505. The molecule has 0 radical (unpaired) electrons. The van der Waals surface area contributed by atoms with Gasteiger partial charge in [-0.25, -0.2) is 4.79 Å². The normalized spacial score (nSPS) is 20.9. The summed E-state index contributed by atoms with van der Waals surface area (Å²) < 4.78 is 1.55. The number of hydrogen-bond acceptors (Lipinski definition) is 4. The first-order chi connectivity index (χ1) is 8.11. The molecule has 1 aliphatic rings. The molecule has 1 aromatic heterocycles. The highest BCUT2D eigenvalue weighted by Crippen LogP contribution is 2.15. The molecule has 0 spiro atoms. The molecule has 1 saturated heterocycles. The molecule has 1 fully saturated rings. The number of rotatable bonds is 3. The van der Waals surface area contributed by atoms with E-state index in [1.165, 1.54) is 0 Å². The number of nitrogens with zero attached hydrogens (tertiary/aromatic N) is 2. The van der Waals surface area contributed by atoms with Crippen LogP contribution in [0.1, 0.15) is 18.4 Å². The molecule has 0 aromatic carbocycles. The van der Waals surface area contributed by atoms with Crippen LogP contribution >= 0.6 is 0 Å². The zero-order valence-corrected chi connectivity index (χ0v) is 9.98. The standard InChI is InChI=1S/C11H18N4O2/c1-14-4-2-3-9(14)7-15-6-8(5-12)10(16)13-11(15)17/h6,9H,2-5,7,12H2,1H3,(H,13,16,17). The van der Waals surface area contributed by atoms with Gasteiger partial charge in [0.1, 0.15) is 0 Å². The van der Waals surface area contributed by atoms with E-state index in [1.807, 2.05) is 0 Å². The number of aromatic amines is 1. The van der Waals surface area contributed by atoms with E-state index in [9.17, 15) is 9.59 Å². The second-order valence-corrected chi connectivity index (χ2v) is 4.55. The van der Waals surface area contributed by atoms with E-state index >= 15 is 0 Å². The molecule has 94 valence electrons. The van der Waals surface area contributed by atoms with Crippen LogP contribution in [0.2, 0.25) is 0 Å². The lowest BCUT2D eigenvalue weighted by atomic mass is 10.2. The van der Waals surface area contributed by atoms with Crippen LogP contribution in [0.15, 0.2) is 15.8 Å². The van der Waals surface area contributed by atoms with Crippen molar-refractivity contribution in [3.05, 3.63) is 32.6 Å². The van der Waals surface area contributed by atoms with Gasteiger partial charge in [-0.2, -0.15) is 0 Å². The Balaban J connectivity index is 2.26. The highest BCUT2D eigenvalue weighted by molar-refractivity contribution is 5.03. The van der Waals surface area contributed by atoms with Gasteiger partial charge in [0, 0.05) is 30.9 Å². The fourth-order valence-corrected chi connectivity index (χ4v) is 2.27. The van der Waals surface area contributed by atoms with Crippen molar-refractivity contribution in [1.82, 2.24) is 14.5 Å². The Hall–Kier alpha value is -1.40. The molecule has 2 heterocycles. The van der Waals surface area contributed by atoms with Gasteiger partial charge in [0.25, 0.3) is 5.56 Å². The fraction of sp³-hybridized carbons (Fsp3) is 0.636. The Morgan fingerprint density at radius 2 is 2.29 bits per heavy atom. The number of likely N-dealkylation sites (tertiary alicyclic amines) is 1. The van der Waals surface area contributed by atoms with Crippen molar-refractivity contribution in [3.63, 3.8) is 0 Å². The molecule has 3 N–H and O–H groups in total. The maximum atomic E-state index is 11.7. The topological polar surface area (TPSA) is 84.1 Å². The predicted molar refractivity (Wildman–Crippen MR) is 64.9 cm³/mol. The van der Waals surface area contributed by atoms with Gasteiger partial charge in [0.2, 0.25) is 0 Å².